The Labute approximate surface area is 148 Å². The summed E-state index contributed by atoms with van der Waals surface area (Å²) in [4.78, 5) is 23.9. The summed E-state index contributed by atoms with van der Waals surface area (Å²) in [5.41, 5.74) is 2.78. The molecular formula is C20H24N2O3. The van der Waals surface area contributed by atoms with Crippen molar-refractivity contribution >= 4 is 17.5 Å². The second kappa shape index (κ2) is 8.87. The second-order valence-corrected chi connectivity index (χ2v) is 5.83. The van der Waals surface area contributed by atoms with Gasteiger partial charge in [0.25, 0.3) is 0 Å². The van der Waals surface area contributed by atoms with Gasteiger partial charge in [0, 0.05) is 12.6 Å². The summed E-state index contributed by atoms with van der Waals surface area (Å²) in [7, 11) is 1.60. The van der Waals surface area contributed by atoms with Crippen molar-refractivity contribution in [3.05, 3.63) is 59.7 Å². The number of ether oxygens (including phenoxy) is 1. The molecule has 2 amide bonds. The van der Waals surface area contributed by atoms with Crippen LogP contribution >= 0.6 is 0 Å². The van der Waals surface area contributed by atoms with Crippen molar-refractivity contribution in [2.75, 3.05) is 12.4 Å². The first-order valence-electron chi connectivity index (χ1n) is 8.31. The first-order valence-corrected chi connectivity index (χ1v) is 8.31. The highest BCUT2D eigenvalue weighted by atomic mass is 16.5. The fourth-order valence-corrected chi connectivity index (χ4v) is 2.60. The summed E-state index contributed by atoms with van der Waals surface area (Å²) < 4.78 is 5.15. The van der Waals surface area contributed by atoms with E-state index in [1.54, 1.807) is 7.11 Å². The fourth-order valence-electron chi connectivity index (χ4n) is 2.60. The van der Waals surface area contributed by atoms with Crippen LogP contribution in [-0.2, 0) is 16.0 Å². The Morgan fingerprint density at radius 2 is 1.84 bits per heavy atom. The van der Waals surface area contributed by atoms with E-state index in [4.69, 9.17) is 4.74 Å². The SMILES string of the molecule is CCc1cccc(NC(=O)CC(NC(C)=O)c2ccc(OC)cc2)c1. The number of anilines is 1. The van der Waals surface area contributed by atoms with E-state index in [2.05, 4.69) is 17.6 Å². The predicted molar refractivity (Wildman–Crippen MR) is 98.6 cm³/mol. The van der Waals surface area contributed by atoms with Gasteiger partial charge in [-0.15, -0.1) is 0 Å². The molecule has 1 unspecified atom stereocenters. The zero-order valence-electron chi connectivity index (χ0n) is 14.8. The first-order chi connectivity index (χ1) is 12.0. The molecule has 0 radical (unpaired) electrons. The third-order valence-corrected chi connectivity index (χ3v) is 3.90. The van der Waals surface area contributed by atoms with Gasteiger partial charge in [-0.1, -0.05) is 31.2 Å². The molecule has 2 aromatic rings. The Hall–Kier alpha value is -2.82. The number of hydrogen-bond donors (Lipinski definition) is 2. The summed E-state index contributed by atoms with van der Waals surface area (Å²) in [6.45, 7) is 3.51. The molecular weight excluding hydrogens is 316 g/mol. The molecule has 2 rings (SSSR count). The minimum atomic E-state index is -0.391. The van der Waals surface area contributed by atoms with E-state index in [1.165, 1.54) is 6.92 Å². The van der Waals surface area contributed by atoms with Crippen LogP contribution in [0.5, 0.6) is 5.75 Å². The molecule has 0 aliphatic heterocycles. The van der Waals surface area contributed by atoms with Crippen molar-refractivity contribution < 1.29 is 14.3 Å². The lowest BCUT2D eigenvalue weighted by atomic mass is 10.0. The number of rotatable bonds is 7. The molecule has 0 aliphatic carbocycles. The second-order valence-electron chi connectivity index (χ2n) is 5.83. The molecule has 5 heteroatoms. The van der Waals surface area contributed by atoms with Crippen LogP contribution in [0.3, 0.4) is 0 Å². The van der Waals surface area contributed by atoms with Crippen LogP contribution in [0, 0.1) is 0 Å². The highest BCUT2D eigenvalue weighted by molar-refractivity contribution is 5.91. The molecule has 0 heterocycles. The number of aryl methyl sites for hydroxylation is 1. The Morgan fingerprint density at radius 1 is 1.12 bits per heavy atom. The maximum absolute atomic E-state index is 12.4. The smallest absolute Gasteiger partial charge is 0.226 e. The topological polar surface area (TPSA) is 67.4 Å². The van der Waals surface area contributed by atoms with E-state index in [1.807, 2.05) is 48.5 Å². The molecule has 0 spiro atoms. The van der Waals surface area contributed by atoms with Gasteiger partial charge in [-0.3, -0.25) is 9.59 Å². The van der Waals surface area contributed by atoms with E-state index in [0.717, 1.165) is 29.0 Å². The molecule has 1 atom stereocenters. The summed E-state index contributed by atoms with van der Waals surface area (Å²) >= 11 is 0. The standard InChI is InChI=1S/C20H24N2O3/c1-4-15-6-5-7-17(12-15)22-20(24)13-19(21-14(2)23)16-8-10-18(25-3)11-9-16/h5-12,19H,4,13H2,1-3H3,(H,21,23)(H,22,24). The third kappa shape index (κ3) is 5.64. The molecule has 2 aromatic carbocycles. The number of carbonyl (C=O) groups is 2. The average Bonchev–Trinajstić information content (AvgIpc) is 2.61. The van der Waals surface area contributed by atoms with E-state index < -0.39 is 6.04 Å². The van der Waals surface area contributed by atoms with Gasteiger partial charge < -0.3 is 15.4 Å². The number of benzene rings is 2. The number of hydrogen-bond acceptors (Lipinski definition) is 3. The van der Waals surface area contributed by atoms with Gasteiger partial charge in [0.2, 0.25) is 11.8 Å². The number of nitrogens with one attached hydrogen (secondary N) is 2. The maximum atomic E-state index is 12.4. The van der Waals surface area contributed by atoms with Gasteiger partial charge in [-0.25, -0.2) is 0 Å². The van der Waals surface area contributed by atoms with Gasteiger partial charge in [-0.2, -0.15) is 0 Å². The predicted octanol–water partition coefficient (Wildman–Crippen LogP) is 3.46. The first kappa shape index (κ1) is 18.5. The summed E-state index contributed by atoms with van der Waals surface area (Å²) in [6.07, 6.45) is 1.06. The van der Waals surface area contributed by atoms with Crippen molar-refractivity contribution in [3.63, 3.8) is 0 Å². The zero-order valence-corrected chi connectivity index (χ0v) is 14.8. The van der Waals surface area contributed by atoms with Gasteiger partial charge in [0.1, 0.15) is 5.75 Å². The lowest BCUT2D eigenvalue weighted by Crippen LogP contribution is -2.29. The molecule has 25 heavy (non-hydrogen) atoms. The van der Waals surface area contributed by atoms with Crippen molar-refractivity contribution in [3.8, 4) is 5.75 Å². The van der Waals surface area contributed by atoms with Crippen LogP contribution in [0.25, 0.3) is 0 Å². The van der Waals surface area contributed by atoms with Crippen LogP contribution < -0.4 is 15.4 Å². The highest BCUT2D eigenvalue weighted by Gasteiger charge is 2.17. The number of methoxy groups -OCH3 is 1. The molecule has 0 aliphatic rings. The van der Waals surface area contributed by atoms with Crippen LogP contribution in [0.1, 0.15) is 37.4 Å². The van der Waals surface area contributed by atoms with Gasteiger partial charge in [0.05, 0.1) is 19.6 Å². The van der Waals surface area contributed by atoms with Crippen LogP contribution in [0.15, 0.2) is 48.5 Å². The quantitative estimate of drug-likeness (QED) is 0.811. The van der Waals surface area contributed by atoms with Crippen LogP contribution in [-0.4, -0.2) is 18.9 Å². The lowest BCUT2D eigenvalue weighted by Gasteiger charge is -2.18. The molecule has 0 fully saturated rings. The molecule has 0 saturated heterocycles. The largest absolute Gasteiger partial charge is 0.497 e. The third-order valence-electron chi connectivity index (χ3n) is 3.90. The Balaban J connectivity index is 2.09. The summed E-state index contributed by atoms with van der Waals surface area (Å²) in [5, 5.41) is 5.73. The molecule has 5 nitrogen and oxygen atoms in total. The van der Waals surface area contributed by atoms with Crippen molar-refractivity contribution in [2.24, 2.45) is 0 Å². The van der Waals surface area contributed by atoms with Crippen LogP contribution in [0.4, 0.5) is 5.69 Å². The van der Waals surface area contributed by atoms with Crippen LogP contribution in [0.2, 0.25) is 0 Å². The minimum Gasteiger partial charge on any atom is -0.497 e. The summed E-state index contributed by atoms with van der Waals surface area (Å²) in [5.74, 6) is 0.399. The van der Waals surface area contributed by atoms with E-state index in [0.29, 0.717) is 0 Å². The van der Waals surface area contributed by atoms with Crippen molar-refractivity contribution in [1.82, 2.24) is 5.32 Å². The fraction of sp³-hybridized carbons (Fsp3) is 0.300. The lowest BCUT2D eigenvalue weighted by molar-refractivity contribution is -0.120. The number of carbonyl (C=O) groups excluding carboxylic acids is 2. The molecule has 0 saturated carbocycles. The molecule has 2 N–H and O–H groups in total. The maximum Gasteiger partial charge on any atom is 0.226 e. The molecule has 132 valence electrons. The molecule has 0 bridgehead atoms. The monoisotopic (exact) mass is 340 g/mol. The van der Waals surface area contributed by atoms with E-state index in [-0.39, 0.29) is 18.2 Å². The Kier molecular flexibility index (Phi) is 6.57. The van der Waals surface area contributed by atoms with Crippen molar-refractivity contribution in [1.29, 1.82) is 0 Å². The Bertz CT molecular complexity index is 726. The summed E-state index contributed by atoms with van der Waals surface area (Å²) in [6, 6.07) is 14.7. The van der Waals surface area contributed by atoms with Gasteiger partial charge >= 0.3 is 0 Å². The molecule has 0 aromatic heterocycles. The van der Waals surface area contributed by atoms with Gasteiger partial charge in [-0.05, 0) is 41.8 Å². The van der Waals surface area contributed by atoms with Crippen molar-refractivity contribution in [2.45, 2.75) is 32.7 Å². The minimum absolute atomic E-state index is 0.150. The Morgan fingerprint density at radius 3 is 2.44 bits per heavy atom. The van der Waals surface area contributed by atoms with E-state index in [9.17, 15) is 9.59 Å². The van der Waals surface area contributed by atoms with E-state index >= 15 is 0 Å². The zero-order chi connectivity index (χ0) is 18.2. The van der Waals surface area contributed by atoms with Gasteiger partial charge in [0.15, 0.2) is 0 Å². The number of amides is 2. The normalized spacial score (nSPS) is 11.5. The average molecular weight is 340 g/mol. The highest BCUT2D eigenvalue weighted by Crippen LogP contribution is 2.21.